The van der Waals surface area contributed by atoms with E-state index in [1.807, 2.05) is 42.5 Å². The molecule has 1 atom stereocenters. The van der Waals surface area contributed by atoms with Crippen LogP contribution in [0.2, 0.25) is 0 Å². The second-order valence-corrected chi connectivity index (χ2v) is 6.37. The van der Waals surface area contributed by atoms with Gasteiger partial charge in [0.05, 0.1) is 0 Å². The Balaban J connectivity index is 0.00000182. The Hall–Kier alpha value is -2.16. The van der Waals surface area contributed by atoms with Crippen molar-refractivity contribution in [1.82, 2.24) is 0 Å². The van der Waals surface area contributed by atoms with E-state index < -0.39 is 8.53 Å². The molecule has 0 heterocycles. The van der Waals surface area contributed by atoms with Crippen LogP contribution < -0.4 is 10.0 Å². The normalized spacial score (nSPS) is 11.9. The van der Waals surface area contributed by atoms with Gasteiger partial charge in [0.25, 0.3) is 0 Å². The number of nitrogens with two attached hydrogens (primary N) is 1. The quantitative estimate of drug-likeness (QED) is 0.459. The number of halogens is 1. The monoisotopic (exact) mass is 369 g/mol. The summed E-state index contributed by atoms with van der Waals surface area (Å²) in [5, 5.41) is 4.49. The Morgan fingerprint density at radius 1 is 0.720 bits per heavy atom. The fourth-order valence-corrected chi connectivity index (χ4v) is 3.50. The average Bonchev–Trinajstić information content (AvgIpc) is 2.61. The molecule has 0 aliphatic heterocycles. The van der Waals surface area contributed by atoms with Crippen molar-refractivity contribution in [2.24, 2.45) is 5.50 Å². The zero-order valence-corrected chi connectivity index (χ0v) is 15.0. The molecular weight excluding hydrogens is 353 g/mol. The van der Waals surface area contributed by atoms with Crippen LogP contribution in [0.4, 0.5) is 0 Å². The zero-order valence-electron chi connectivity index (χ0n) is 13.3. The van der Waals surface area contributed by atoms with E-state index in [1.165, 1.54) is 0 Å². The van der Waals surface area contributed by atoms with Gasteiger partial charge in [-0.1, -0.05) is 72.8 Å². The van der Waals surface area contributed by atoms with E-state index in [0.29, 0.717) is 5.75 Å². The number of fused-ring (bicyclic) bond motifs is 2. The fraction of sp³-hybridized carbons (Fsp3) is 0. The second kappa shape index (κ2) is 7.38. The minimum Gasteiger partial charge on any atom is -0.435 e. The number of hydrogen-bond donors (Lipinski definition) is 2. The average molecular weight is 370 g/mol. The molecule has 25 heavy (non-hydrogen) atoms. The lowest BCUT2D eigenvalue weighted by molar-refractivity contribution is 0.489. The number of hydrogen-bond acceptors (Lipinski definition) is 3. The van der Waals surface area contributed by atoms with Crippen LogP contribution in [0.15, 0.2) is 78.9 Å². The van der Waals surface area contributed by atoms with Crippen LogP contribution in [-0.4, -0.2) is 4.89 Å². The first kappa shape index (κ1) is 17.7. The Morgan fingerprint density at radius 3 is 2.04 bits per heavy atom. The molecule has 3 nitrogen and oxygen atoms in total. The van der Waals surface area contributed by atoms with Gasteiger partial charge in [-0.25, -0.2) is 0 Å². The van der Waals surface area contributed by atoms with Crippen molar-refractivity contribution in [3.63, 3.8) is 0 Å². The third-order valence-corrected chi connectivity index (χ3v) is 4.53. The van der Waals surface area contributed by atoms with Crippen LogP contribution in [0.25, 0.3) is 32.7 Å². The van der Waals surface area contributed by atoms with Crippen molar-refractivity contribution in [2.75, 3.05) is 0 Å². The molecular formula is C20H17ClNO2P. The number of rotatable bonds is 3. The molecule has 5 heteroatoms. The van der Waals surface area contributed by atoms with Gasteiger partial charge < -0.3 is 9.42 Å². The zero-order chi connectivity index (χ0) is 16.5. The van der Waals surface area contributed by atoms with Gasteiger partial charge in [0.2, 0.25) is 0 Å². The summed E-state index contributed by atoms with van der Waals surface area (Å²) in [7, 11) is -1.98. The van der Waals surface area contributed by atoms with Gasteiger partial charge in [-0.2, -0.15) is 0 Å². The Morgan fingerprint density at radius 2 is 1.32 bits per heavy atom. The Labute approximate surface area is 153 Å². The summed E-state index contributed by atoms with van der Waals surface area (Å²) in [6.45, 7) is 0. The molecule has 0 spiro atoms. The van der Waals surface area contributed by atoms with Crippen molar-refractivity contribution < 1.29 is 9.42 Å². The fourth-order valence-electron chi connectivity index (χ4n) is 3.15. The van der Waals surface area contributed by atoms with E-state index in [9.17, 15) is 4.89 Å². The van der Waals surface area contributed by atoms with Gasteiger partial charge in [0.15, 0.2) is 0 Å². The molecule has 4 aromatic rings. The molecule has 0 aliphatic rings. The summed E-state index contributed by atoms with van der Waals surface area (Å²) in [5.41, 5.74) is 7.55. The molecule has 0 bridgehead atoms. The highest BCUT2D eigenvalue weighted by atomic mass is 35.5. The maximum absolute atomic E-state index is 9.58. The first-order chi connectivity index (χ1) is 11.7. The first-order valence-corrected chi connectivity index (χ1v) is 8.94. The molecule has 0 aromatic heterocycles. The smallest absolute Gasteiger partial charge is 0.312 e. The molecule has 0 fully saturated rings. The molecule has 4 rings (SSSR count). The third-order valence-electron chi connectivity index (χ3n) is 4.14. The lowest BCUT2D eigenvalue weighted by atomic mass is 9.93. The first-order valence-electron chi connectivity index (χ1n) is 7.65. The summed E-state index contributed by atoms with van der Waals surface area (Å²) in [6, 6.07) is 26.4. The van der Waals surface area contributed by atoms with Gasteiger partial charge in [-0.3, -0.25) is 5.50 Å². The highest BCUT2D eigenvalue weighted by Gasteiger charge is 2.15. The predicted octanol–water partition coefficient (Wildman–Crippen LogP) is 5.64. The van der Waals surface area contributed by atoms with Gasteiger partial charge in [0.1, 0.15) is 5.75 Å². The molecule has 3 N–H and O–H groups in total. The maximum Gasteiger partial charge on any atom is 0.312 e. The third kappa shape index (κ3) is 3.33. The van der Waals surface area contributed by atoms with Gasteiger partial charge in [-0.15, -0.1) is 12.4 Å². The molecule has 0 saturated heterocycles. The van der Waals surface area contributed by atoms with Crippen LogP contribution in [0, 0.1) is 0 Å². The lowest BCUT2D eigenvalue weighted by Gasteiger charge is -2.16. The molecule has 0 unspecified atom stereocenters. The van der Waals surface area contributed by atoms with E-state index in [4.69, 9.17) is 10.0 Å². The summed E-state index contributed by atoms with van der Waals surface area (Å²) < 4.78 is 5.55. The van der Waals surface area contributed by atoms with Gasteiger partial charge >= 0.3 is 8.53 Å². The van der Waals surface area contributed by atoms with E-state index in [1.54, 1.807) is 0 Å². The summed E-state index contributed by atoms with van der Waals surface area (Å²) in [5.74, 6) is 0.598. The number of benzene rings is 4. The Bertz CT molecular complexity index is 1030. The van der Waals surface area contributed by atoms with Crippen molar-refractivity contribution >= 4 is 42.5 Å². The highest BCUT2D eigenvalue weighted by Crippen LogP contribution is 2.43. The maximum atomic E-state index is 9.58. The lowest BCUT2D eigenvalue weighted by Crippen LogP contribution is -1.97. The largest absolute Gasteiger partial charge is 0.435 e. The van der Waals surface area contributed by atoms with Crippen molar-refractivity contribution in [1.29, 1.82) is 0 Å². The summed E-state index contributed by atoms with van der Waals surface area (Å²) in [4.78, 5) is 9.58. The molecule has 0 radical (unpaired) electrons. The van der Waals surface area contributed by atoms with Crippen LogP contribution >= 0.6 is 20.9 Å². The van der Waals surface area contributed by atoms with Crippen LogP contribution in [0.1, 0.15) is 0 Å². The summed E-state index contributed by atoms with van der Waals surface area (Å²) in [6.07, 6.45) is 0. The van der Waals surface area contributed by atoms with E-state index >= 15 is 0 Å². The van der Waals surface area contributed by atoms with E-state index in [2.05, 4.69) is 36.4 Å². The summed E-state index contributed by atoms with van der Waals surface area (Å²) >= 11 is 0. The van der Waals surface area contributed by atoms with Gasteiger partial charge in [-0.05, 0) is 33.2 Å². The SMILES string of the molecule is Cl.N[P@](O)Oc1ccc2ccccc2c1-c1cccc2ccccc12. The van der Waals surface area contributed by atoms with Crippen LogP contribution in [0.5, 0.6) is 5.75 Å². The van der Waals surface area contributed by atoms with E-state index in [-0.39, 0.29) is 12.4 Å². The van der Waals surface area contributed by atoms with Crippen LogP contribution in [0.3, 0.4) is 0 Å². The molecule has 0 aliphatic carbocycles. The Kier molecular flexibility index (Phi) is 5.22. The molecule has 0 amide bonds. The van der Waals surface area contributed by atoms with Crippen molar-refractivity contribution in [3.8, 4) is 16.9 Å². The minimum absolute atomic E-state index is 0. The standard InChI is InChI=1S/C20H16NO2P.ClH/c21-24(22)23-19-13-12-15-7-2-4-10-17(15)20(19)18-11-5-8-14-6-1-3-9-16(14)18;/h1-13,22H,21H2;1H/t24-;/m1./s1. The van der Waals surface area contributed by atoms with Crippen molar-refractivity contribution in [2.45, 2.75) is 0 Å². The molecule has 4 aromatic carbocycles. The predicted molar refractivity (Wildman–Crippen MR) is 108 cm³/mol. The molecule has 0 saturated carbocycles. The van der Waals surface area contributed by atoms with E-state index in [0.717, 1.165) is 32.7 Å². The molecule has 126 valence electrons. The van der Waals surface area contributed by atoms with Gasteiger partial charge in [0, 0.05) is 5.56 Å². The minimum atomic E-state index is -1.98. The van der Waals surface area contributed by atoms with Crippen molar-refractivity contribution in [3.05, 3.63) is 78.9 Å². The second-order valence-electron chi connectivity index (χ2n) is 5.58. The topological polar surface area (TPSA) is 55.5 Å². The van der Waals surface area contributed by atoms with Crippen LogP contribution in [-0.2, 0) is 0 Å². The highest BCUT2D eigenvalue weighted by molar-refractivity contribution is 7.43.